The van der Waals surface area contributed by atoms with Gasteiger partial charge in [-0.1, -0.05) is 13.3 Å². The van der Waals surface area contributed by atoms with E-state index in [4.69, 9.17) is 5.11 Å². The van der Waals surface area contributed by atoms with Crippen LogP contribution < -0.4 is 10.6 Å². The maximum atomic E-state index is 10.1. The smallest absolute Gasteiger partial charge is 0.404 e. The summed E-state index contributed by atoms with van der Waals surface area (Å²) in [5.74, 6) is 0.399. The van der Waals surface area contributed by atoms with E-state index in [2.05, 4.69) is 10.6 Å². The summed E-state index contributed by atoms with van der Waals surface area (Å²) in [6.07, 6.45) is 0.0424. The Kier molecular flexibility index (Phi) is 5.56. The topological polar surface area (TPSA) is 61.4 Å². The van der Waals surface area contributed by atoms with Crippen molar-refractivity contribution in [1.29, 1.82) is 0 Å². The summed E-state index contributed by atoms with van der Waals surface area (Å²) in [6.45, 7) is 3.44. The third-order valence-electron chi connectivity index (χ3n) is 1.61. The van der Waals surface area contributed by atoms with E-state index >= 15 is 0 Å². The Hall–Kier alpha value is -0.770. The molecule has 0 aliphatic carbocycles. The Bertz CT molecular complexity index is 117. The van der Waals surface area contributed by atoms with Gasteiger partial charge in [0.1, 0.15) is 0 Å². The van der Waals surface area contributed by atoms with Gasteiger partial charge in [0, 0.05) is 6.54 Å². The van der Waals surface area contributed by atoms with Gasteiger partial charge in [-0.3, -0.25) is 0 Å². The normalized spacial score (nSPS) is 12.5. The highest BCUT2D eigenvalue weighted by Crippen LogP contribution is 1.97. The largest absolute Gasteiger partial charge is 0.465 e. The van der Waals surface area contributed by atoms with E-state index < -0.39 is 6.09 Å². The second-order valence-corrected chi connectivity index (χ2v) is 2.52. The van der Waals surface area contributed by atoms with E-state index in [0.29, 0.717) is 12.5 Å². The number of carbonyl (C=O) groups is 1. The number of amides is 1. The predicted octanol–water partition coefficient (Wildman–Crippen LogP) is 0.500. The summed E-state index contributed by atoms with van der Waals surface area (Å²) in [7, 11) is 1.86. The number of hydrogen-bond acceptors (Lipinski definition) is 2. The van der Waals surface area contributed by atoms with Gasteiger partial charge in [0.15, 0.2) is 0 Å². The standard InChI is InChI=1S/C7H16N2O2/c1-3-6(4-8-2)5-9-7(10)11/h6,8-9H,3-5H2,1-2H3,(H,10,11). The maximum Gasteiger partial charge on any atom is 0.404 e. The molecule has 11 heavy (non-hydrogen) atoms. The summed E-state index contributed by atoms with van der Waals surface area (Å²) in [5, 5.41) is 13.7. The summed E-state index contributed by atoms with van der Waals surface area (Å²) in [5.41, 5.74) is 0. The first-order chi connectivity index (χ1) is 5.20. The zero-order chi connectivity index (χ0) is 8.69. The molecule has 0 rings (SSSR count). The number of nitrogens with one attached hydrogen (secondary N) is 2. The quantitative estimate of drug-likeness (QED) is 0.549. The molecule has 0 spiro atoms. The second-order valence-electron chi connectivity index (χ2n) is 2.52. The third-order valence-corrected chi connectivity index (χ3v) is 1.61. The summed E-state index contributed by atoms with van der Waals surface area (Å²) in [4.78, 5) is 10.1. The average Bonchev–Trinajstić information content (AvgIpc) is 1.97. The van der Waals surface area contributed by atoms with Crippen LogP contribution in [-0.2, 0) is 0 Å². The minimum absolute atomic E-state index is 0.399. The molecule has 0 saturated heterocycles. The highest BCUT2D eigenvalue weighted by atomic mass is 16.4. The Morgan fingerprint density at radius 1 is 1.55 bits per heavy atom. The molecule has 1 amide bonds. The number of carboxylic acid groups (broad SMARTS) is 1. The molecule has 0 aromatic heterocycles. The maximum absolute atomic E-state index is 10.1. The SMILES string of the molecule is CCC(CNC)CNC(=O)O. The van der Waals surface area contributed by atoms with E-state index in [1.165, 1.54) is 0 Å². The molecule has 1 unspecified atom stereocenters. The van der Waals surface area contributed by atoms with Crippen molar-refractivity contribution in [1.82, 2.24) is 10.6 Å². The van der Waals surface area contributed by atoms with E-state index in [0.717, 1.165) is 13.0 Å². The molecule has 0 saturated carbocycles. The highest BCUT2D eigenvalue weighted by molar-refractivity contribution is 5.64. The number of hydrogen-bond donors (Lipinski definition) is 3. The zero-order valence-electron chi connectivity index (χ0n) is 7.05. The molecule has 66 valence electrons. The Morgan fingerprint density at radius 2 is 2.18 bits per heavy atom. The van der Waals surface area contributed by atoms with Crippen LogP contribution in [0.15, 0.2) is 0 Å². The Morgan fingerprint density at radius 3 is 2.55 bits per heavy atom. The number of rotatable bonds is 5. The van der Waals surface area contributed by atoms with Gasteiger partial charge in [-0.2, -0.15) is 0 Å². The van der Waals surface area contributed by atoms with Crippen molar-refractivity contribution in [3.05, 3.63) is 0 Å². The van der Waals surface area contributed by atoms with Crippen LogP contribution in [0.4, 0.5) is 4.79 Å². The molecule has 0 radical (unpaired) electrons. The second kappa shape index (κ2) is 5.97. The summed E-state index contributed by atoms with van der Waals surface area (Å²) >= 11 is 0. The van der Waals surface area contributed by atoms with Gasteiger partial charge < -0.3 is 15.7 Å². The van der Waals surface area contributed by atoms with Crippen LogP contribution in [-0.4, -0.2) is 31.3 Å². The van der Waals surface area contributed by atoms with Crippen LogP contribution in [0.2, 0.25) is 0 Å². The first-order valence-corrected chi connectivity index (χ1v) is 3.82. The van der Waals surface area contributed by atoms with Gasteiger partial charge in [0.05, 0.1) is 0 Å². The lowest BCUT2D eigenvalue weighted by Gasteiger charge is -2.12. The first kappa shape index (κ1) is 10.2. The van der Waals surface area contributed by atoms with Crippen LogP contribution >= 0.6 is 0 Å². The van der Waals surface area contributed by atoms with Gasteiger partial charge in [0.25, 0.3) is 0 Å². The van der Waals surface area contributed by atoms with E-state index in [9.17, 15) is 4.79 Å². The molecule has 4 heteroatoms. The van der Waals surface area contributed by atoms with Crippen molar-refractivity contribution in [3.8, 4) is 0 Å². The molecule has 0 aromatic carbocycles. The van der Waals surface area contributed by atoms with Crippen LogP contribution in [0.5, 0.6) is 0 Å². The lowest BCUT2D eigenvalue weighted by molar-refractivity contribution is 0.192. The van der Waals surface area contributed by atoms with Crippen molar-refractivity contribution in [2.24, 2.45) is 5.92 Å². The molecular weight excluding hydrogens is 144 g/mol. The van der Waals surface area contributed by atoms with Gasteiger partial charge in [-0.05, 0) is 19.5 Å². The molecule has 1 atom stereocenters. The molecule has 0 aliphatic heterocycles. The summed E-state index contributed by atoms with van der Waals surface area (Å²) in [6, 6.07) is 0. The molecule has 0 aromatic rings. The monoisotopic (exact) mass is 160 g/mol. The summed E-state index contributed by atoms with van der Waals surface area (Å²) < 4.78 is 0. The Balaban J connectivity index is 3.43. The molecule has 0 bridgehead atoms. The molecule has 4 nitrogen and oxygen atoms in total. The predicted molar refractivity (Wildman–Crippen MR) is 43.7 cm³/mol. The lowest BCUT2D eigenvalue weighted by atomic mass is 10.1. The van der Waals surface area contributed by atoms with Crippen LogP contribution in [0.1, 0.15) is 13.3 Å². The third kappa shape index (κ3) is 5.66. The fourth-order valence-electron chi connectivity index (χ4n) is 0.881. The van der Waals surface area contributed by atoms with Crippen molar-refractivity contribution < 1.29 is 9.90 Å². The van der Waals surface area contributed by atoms with Gasteiger partial charge in [0.2, 0.25) is 0 Å². The van der Waals surface area contributed by atoms with Crippen LogP contribution in [0.3, 0.4) is 0 Å². The van der Waals surface area contributed by atoms with Crippen molar-refractivity contribution >= 4 is 6.09 Å². The van der Waals surface area contributed by atoms with Crippen molar-refractivity contribution in [3.63, 3.8) is 0 Å². The zero-order valence-corrected chi connectivity index (χ0v) is 7.05. The molecule has 0 fully saturated rings. The minimum Gasteiger partial charge on any atom is -0.465 e. The van der Waals surface area contributed by atoms with Crippen LogP contribution in [0.25, 0.3) is 0 Å². The molecule has 3 N–H and O–H groups in total. The van der Waals surface area contributed by atoms with Crippen LogP contribution in [0, 0.1) is 5.92 Å². The van der Waals surface area contributed by atoms with E-state index in [1.54, 1.807) is 0 Å². The molecule has 0 aliphatic rings. The first-order valence-electron chi connectivity index (χ1n) is 3.82. The Labute approximate surface area is 67.0 Å². The van der Waals surface area contributed by atoms with Gasteiger partial charge >= 0.3 is 6.09 Å². The fraction of sp³-hybridized carbons (Fsp3) is 0.857. The van der Waals surface area contributed by atoms with Crippen molar-refractivity contribution in [2.75, 3.05) is 20.1 Å². The molecular formula is C7H16N2O2. The van der Waals surface area contributed by atoms with Gasteiger partial charge in [-0.15, -0.1) is 0 Å². The molecule has 0 heterocycles. The lowest BCUT2D eigenvalue weighted by Crippen LogP contribution is -2.32. The van der Waals surface area contributed by atoms with Gasteiger partial charge in [-0.25, -0.2) is 4.79 Å². The van der Waals surface area contributed by atoms with Crippen molar-refractivity contribution in [2.45, 2.75) is 13.3 Å². The highest BCUT2D eigenvalue weighted by Gasteiger charge is 2.05. The average molecular weight is 160 g/mol. The fourth-order valence-corrected chi connectivity index (χ4v) is 0.881. The minimum atomic E-state index is -0.945. The van der Waals surface area contributed by atoms with E-state index in [-0.39, 0.29) is 0 Å². The van der Waals surface area contributed by atoms with E-state index in [1.807, 2.05) is 14.0 Å².